The van der Waals surface area contributed by atoms with Crippen molar-refractivity contribution >= 4 is 28.4 Å². The first-order valence-electron chi connectivity index (χ1n) is 8.49. The van der Waals surface area contributed by atoms with Gasteiger partial charge in [-0.2, -0.15) is 11.3 Å². The van der Waals surface area contributed by atoms with Gasteiger partial charge in [0.1, 0.15) is 5.52 Å². The SMILES string of the molecule is O=C(c1ccsc1)N1CCC(n2c(-c3ccco3)nc3cccnc32)C1. The monoisotopic (exact) mass is 364 g/mol. The minimum absolute atomic E-state index is 0.0886. The largest absolute Gasteiger partial charge is 0.461 e. The van der Waals surface area contributed by atoms with Crippen molar-refractivity contribution in [2.24, 2.45) is 0 Å². The van der Waals surface area contributed by atoms with Crippen LogP contribution in [0.4, 0.5) is 0 Å². The second-order valence-corrected chi connectivity index (χ2v) is 7.11. The fourth-order valence-electron chi connectivity index (χ4n) is 3.56. The first-order valence-corrected chi connectivity index (χ1v) is 9.44. The summed E-state index contributed by atoms with van der Waals surface area (Å²) in [6, 6.07) is 9.59. The van der Waals surface area contributed by atoms with Gasteiger partial charge in [0.25, 0.3) is 5.91 Å². The van der Waals surface area contributed by atoms with Crippen LogP contribution in [0.25, 0.3) is 22.7 Å². The van der Waals surface area contributed by atoms with E-state index in [0.717, 1.165) is 35.5 Å². The summed E-state index contributed by atoms with van der Waals surface area (Å²) < 4.78 is 7.71. The molecule has 5 heterocycles. The lowest BCUT2D eigenvalue weighted by atomic mass is 10.2. The van der Waals surface area contributed by atoms with Gasteiger partial charge in [0, 0.05) is 24.7 Å². The quantitative estimate of drug-likeness (QED) is 0.554. The van der Waals surface area contributed by atoms with Crippen LogP contribution >= 0.6 is 11.3 Å². The third-order valence-electron chi connectivity index (χ3n) is 4.77. The number of aromatic nitrogens is 3. The van der Waals surface area contributed by atoms with Crippen molar-refractivity contribution < 1.29 is 9.21 Å². The van der Waals surface area contributed by atoms with E-state index in [0.29, 0.717) is 12.3 Å². The maximum Gasteiger partial charge on any atom is 0.254 e. The van der Waals surface area contributed by atoms with E-state index in [2.05, 4.69) is 9.55 Å². The molecule has 7 heteroatoms. The number of carbonyl (C=O) groups is 1. The number of imidazole rings is 1. The van der Waals surface area contributed by atoms with Gasteiger partial charge in [-0.25, -0.2) is 9.97 Å². The maximum atomic E-state index is 12.7. The number of thiophene rings is 1. The average molecular weight is 364 g/mol. The Morgan fingerprint density at radius 2 is 2.23 bits per heavy atom. The maximum absolute atomic E-state index is 12.7. The molecule has 0 N–H and O–H groups in total. The van der Waals surface area contributed by atoms with Gasteiger partial charge >= 0.3 is 0 Å². The van der Waals surface area contributed by atoms with Gasteiger partial charge in [-0.3, -0.25) is 4.79 Å². The molecule has 1 fully saturated rings. The topological polar surface area (TPSA) is 64.2 Å². The number of likely N-dealkylation sites (tertiary alicyclic amines) is 1. The number of carbonyl (C=O) groups excluding carboxylic acids is 1. The first-order chi connectivity index (χ1) is 12.8. The van der Waals surface area contributed by atoms with Crippen LogP contribution in [0.2, 0.25) is 0 Å². The molecular formula is C19H16N4O2S. The third-order valence-corrected chi connectivity index (χ3v) is 5.46. The number of nitrogens with zero attached hydrogens (tertiary/aromatic N) is 4. The first kappa shape index (κ1) is 15.3. The van der Waals surface area contributed by atoms with Gasteiger partial charge in [-0.15, -0.1) is 0 Å². The van der Waals surface area contributed by atoms with Gasteiger partial charge < -0.3 is 13.9 Å². The molecule has 0 aromatic carbocycles. The van der Waals surface area contributed by atoms with Crippen molar-refractivity contribution in [2.75, 3.05) is 13.1 Å². The Bertz CT molecular complexity index is 1050. The summed E-state index contributed by atoms with van der Waals surface area (Å²) in [6.45, 7) is 1.37. The zero-order valence-electron chi connectivity index (χ0n) is 13.9. The molecule has 1 unspecified atom stereocenters. The molecule has 6 nitrogen and oxygen atoms in total. The van der Waals surface area contributed by atoms with Crippen LogP contribution in [0.5, 0.6) is 0 Å². The van der Waals surface area contributed by atoms with Crippen LogP contribution in [0.1, 0.15) is 22.8 Å². The standard InChI is InChI=1S/C19H16N4O2S/c24-19(13-6-10-26-12-13)22-8-5-14(11-22)23-17-15(3-1-7-20-17)21-18(23)16-4-2-9-25-16/h1-4,6-7,9-10,12,14H,5,8,11H2. The molecule has 0 radical (unpaired) electrons. The minimum atomic E-state index is 0.0886. The lowest BCUT2D eigenvalue weighted by molar-refractivity contribution is 0.0788. The molecule has 1 atom stereocenters. The van der Waals surface area contributed by atoms with Gasteiger partial charge in [-0.05, 0) is 42.1 Å². The van der Waals surface area contributed by atoms with Gasteiger partial charge in [0.15, 0.2) is 17.2 Å². The fraction of sp³-hybridized carbons (Fsp3) is 0.211. The Morgan fingerprint density at radius 1 is 1.27 bits per heavy atom. The smallest absolute Gasteiger partial charge is 0.254 e. The summed E-state index contributed by atoms with van der Waals surface area (Å²) >= 11 is 1.54. The van der Waals surface area contributed by atoms with Crippen LogP contribution in [0.3, 0.4) is 0 Å². The van der Waals surface area contributed by atoms with Crippen molar-refractivity contribution in [1.29, 1.82) is 0 Å². The van der Waals surface area contributed by atoms with Crippen molar-refractivity contribution in [3.63, 3.8) is 0 Å². The van der Waals surface area contributed by atoms with Crippen LogP contribution in [0.15, 0.2) is 58.0 Å². The summed E-state index contributed by atoms with van der Waals surface area (Å²) in [7, 11) is 0. The van der Waals surface area contributed by atoms with Crippen molar-refractivity contribution in [3.8, 4) is 11.6 Å². The molecule has 4 aromatic rings. The predicted octanol–water partition coefficient (Wildman–Crippen LogP) is 3.84. The number of hydrogen-bond donors (Lipinski definition) is 0. The molecule has 0 aliphatic carbocycles. The summed E-state index contributed by atoms with van der Waals surface area (Å²) in [5, 5.41) is 3.83. The Labute approximate surface area is 153 Å². The normalized spacial score (nSPS) is 17.2. The molecule has 5 rings (SSSR count). The van der Waals surface area contributed by atoms with Gasteiger partial charge in [0.05, 0.1) is 17.9 Å². The molecule has 1 aliphatic rings. The Balaban J connectivity index is 1.53. The van der Waals surface area contributed by atoms with E-state index < -0.39 is 0 Å². The molecule has 1 aliphatic heterocycles. The van der Waals surface area contributed by atoms with E-state index in [-0.39, 0.29) is 11.9 Å². The predicted molar refractivity (Wildman–Crippen MR) is 99.1 cm³/mol. The minimum Gasteiger partial charge on any atom is -0.461 e. The van der Waals surface area contributed by atoms with Gasteiger partial charge in [0.2, 0.25) is 0 Å². The van der Waals surface area contributed by atoms with Gasteiger partial charge in [-0.1, -0.05) is 0 Å². The Kier molecular flexibility index (Phi) is 3.60. The lowest BCUT2D eigenvalue weighted by Crippen LogP contribution is -2.28. The number of rotatable bonds is 3. The highest BCUT2D eigenvalue weighted by Gasteiger charge is 2.31. The van der Waals surface area contributed by atoms with E-state index in [4.69, 9.17) is 9.40 Å². The molecule has 130 valence electrons. The van der Waals surface area contributed by atoms with Crippen molar-refractivity contribution in [1.82, 2.24) is 19.4 Å². The summed E-state index contributed by atoms with van der Waals surface area (Å²) in [5.74, 6) is 1.56. The molecular weight excluding hydrogens is 348 g/mol. The van der Waals surface area contributed by atoms with E-state index in [9.17, 15) is 4.79 Å². The van der Waals surface area contributed by atoms with Crippen LogP contribution in [-0.2, 0) is 0 Å². The summed E-state index contributed by atoms with van der Waals surface area (Å²) in [4.78, 5) is 23.8. The number of furan rings is 1. The molecule has 4 aromatic heterocycles. The number of amides is 1. The molecule has 1 amide bonds. The third kappa shape index (κ3) is 2.43. The van der Waals surface area contributed by atoms with Crippen LogP contribution in [0, 0.1) is 0 Å². The highest BCUT2D eigenvalue weighted by atomic mass is 32.1. The lowest BCUT2D eigenvalue weighted by Gasteiger charge is -2.18. The molecule has 0 saturated carbocycles. The number of fused-ring (bicyclic) bond motifs is 1. The summed E-state index contributed by atoms with van der Waals surface area (Å²) in [6.07, 6.45) is 4.29. The zero-order valence-corrected chi connectivity index (χ0v) is 14.7. The average Bonchev–Trinajstić information content (AvgIpc) is 3.47. The highest BCUT2D eigenvalue weighted by molar-refractivity contribution is 7.08. The van der Waals surface area contributed by atoms with Crippen molar-refractivity contribution in [2.45, 2.75) is 12.5 Å². The Hall–Kier alpha value is -2.93. The fourth-order valence-corrected chi connectivity index (χ4v) is 4.19. The van der Waals surface area contributed by atoms with Crippen molar-refractivity contribution in [3.05, 3.63) is 59.1 Å². The van der Waals surface area contributed by atoms with E-state index in [1.807, 2.05) is 46.0 Å². The second-order valence-electron chi connectivity index (χ2n) is 6.33. The highest BCUT2D eigenvalue weighted by Crippen LogP contribution is 2.32. The number of pyridine rings is 1. The molecule has 0 spiro atoms. The zero-order chi connectivity index (χ0) is 17.5. The van der Waals surface area contributed by atoms with Crippen LogP contribution in [-0.4, -0.2) is 38.4 Å². The molecule has 26 heavy (non-hydrogen) atoms. The van der Waals surface area contributed by atoms with E-state index >= 15 is 0 Å². The summed E-state index contributed by atoms with van der Waals surface area (Å²) in [5.41, 5.74) is 2.42. The van der Waals surface area contributed by atoms with E-state index in [1.54, 1.807) is 23.8 Å². The molecule has 1 saturated heterocycles. The van der Waals surface area contributed by atoms with Crippen LogP contribution < -0.4 is 0 Å². The number of hydrogen-bond acceptors (Lipinski definition) is 5. The molecule has 0 bridgehead atoms. The Morgan fingerprint density at radius 3 is 3.04 bits per heavy atom. The van der Waals surface area contributed by atoms with E-state index in [1.165, 1.54) is 0 Å². The second kappa shape index (κ2) is 6.10.